The summed E-state index contributed by atoms with van der Waals surface area (Å²) in [6, 6.07) is 14.1. The zero-order valence-corrected chi connectivity index (χ0v) is 20.7. The van der Waals surface area contributed by atoms with Gasteiger partial charge in [-0.05, 0) is 37.6 Å². The lowest BCUT2D eigenvalue weighted by atomic mass is 10.2. The van der Waals surface area contributed by atoms with Gasteiger partial charge in [0.05, 0.1) is 31.4 Å². The number of guanidine groups is 1. The van der Waals surface area contributed by atoms with Gasteiger partial charge in [-0.15, -0.1) is 24.0 Å². The lowest BCUT2D eigenvalue weighted by Gasteiger charge is -2.13. The summed E-state index contributed by atoms with van der Waals surface area (Å²) in [7, 11) is -0.0514. The van der Waals surface area contributed by atoms with Gasteiger partial charge in [0.15, 0.2) is 15.8 Å². The minimum Gasteiger partial charge on any atom is -0.497 e. The van der Waals surface area contributed by atoms with Crippen molar-refractivity contribution in [2.75, 3.05) is 33.1 Å². The number of nitrogens with one attached hydrogen (secondary N) is 2. The molecule has 0 aliphatic carbocycles. The van der Waals surface area contributed by atoms with Crippen LogP contribution < -0.4 is 20.1 Å². The number of halogens is 1. The molecule has 2 aromatic carbocycles. The van der Waals surface area contributed by atoms with Crippen LogP contribution in [0.3, 0.4) is 0 Å². The average Bonchev–Trinajstić information content (AvgIpc) is 2.75. The summed E-state index contributed by atoms with van der Waals surface area (Å²) >= 11 is 0. The molecule has 0 fully saturated rings. The van der Waals surface area contributed by atoms with Crippen molar-refractivity contribution >= 4 is 39.8 Å². The first kappa shape index (κ1) is 26.0. The van der Waals surface area contributed by atoms with Crippen molar-refractivity contribution in [1.29, 1.82) is 0 Å². The molecule has 0 aliphatic heterocycles. The van der Waals surface area contributed by atoms with Crippen molar-refractivity contribution in [2.45, 2.75) is 24.8 Å². The van der Waals surface area contributed by atoms with Gasteiger partial charge in [-0.2, -0.15) is 0 Å². The minimum atomic E-state index is -3.27. The topological polar surface area (TPSA) is 89.0 Å². The Morgan fingerprint density at radius 2 is 1.77 bits per heavy atom. The first-order valence-corrected chi connectivity index (χ1v) is 11.2. The summed E-state index contributed by atoms with van der Waals surface area (Å²) in [6.07, 6.45) is 0.480. The van der Waals surface area contributed by atoms with Gasteiger partial charge in [-0.3, -0.25) is 0 Å². The number of hydrogen-bond donors (Lipinski definition) is 2. The van der Waals surface area contributed by atoms with Crippen LogP contribution in [0.15, 0.2) is 58.4 Å². The molecule has 0 spiro atoms. The normalized spacial score (nSPS) is 11.4. The van der Waals surface area contributed by atoms with E-state index in [2.05, 4.69) is 15.6 Å². The minimum absolute atomic E-state index is 0. The van der Waals surface area contributed by atoms with Gasteiger partial charge in [0.25, 0.3) is 0 Å². The number of aliphatic imine (C=N–C) groups is 1. The smallest absolute Gasteiger partial charge is 0.191 e. The summed E-state index contributed by atoms with van der Waals surface area (Å²) in [5.41, 5.74) is 0.928. The molecule has 0 amide bonds. The van der Waals surface area contributed by atoms with Crippen molar-refractivity contribution in [1.82, 2.24) is 10.6 Å². The monoisotopic (exact) mass is 547 g/mol. The zero-order valence-electron chi connectivity index (χ0n) is 17.6. The van der Waals surface area contributed by atoms with Crippen molar-refractivity contribution in [3.05, 3.63) is 54.1 Å². The third-order valence-corrected chi connectivity index (χ3v) is 6.05. The highest BCUT2D eigenvalue weighted by Gasteiger charge is 2.13. The summed E-state index contributed by atoms with van der Waals surface area (Å²) in [5, 5.41) is 6.35. The number of rotatable bonds is 10. The molecular weight excluding hydrogens is 517 g/mol. The van der Waals surface area contributed by atoms with Gasteiger partial charge >= 0.3 is 0 Å². The maximum absolute atomic E-state index is 12.3. The molecule has 0 aliphatic rings. The molecule has 2 rings (SSSR count). The van der Waals surface area contributed by atoms with E-state index in [-0.39, 0.29) is 29.7 Å². The molecule has 2 aromatic rings. The number of hydrogen-bond acceptors (Lipinski definition) is 5. The van der Waals surface area contributed by atoms with E-state index in [1.165, 1.54) is 0 Å². The van der Waals surface area contributed by atoms with E-state index >= 15 is 0 Å². The maximum atomic E-state index is 12.3. The Morgan fingerprint density at radius 3 is 2.40 bits per heavy atom. The fourth-order valence-corrected chi connectivity index (χ4v) is 4.04. The number of nitrogens with zero attached hydrogens (tertiary/aromatic N) is 1. The summed E-state index contributed by atoms with van der Waals surface area (Å²) < 4.78 is 35.3. The van der Waals surface area contributed by atoms with Crippen LogP contribution in [0.4, 0.5) is 0 Å². The van der Waals surface area contributed by atoms with Gasteiger partial charge in [-0.25, -0.2) is 13.4 Å². The van der Waals surface area contributed by atoms with Crippen LogP contribution in [0.5, 0.6) is 11.5 Å². The number of benzene rings is 2. The molecule has 0 heterocycles. The van der Waals surface area contributed by atoms with E-state index in [1.807, 2.05) is 25.1 Å². The molecule has 0 aromatic heterocycles. The Hall–Kier alpha value is -2.01. The third-order valence-electron chi connectivity index (χ3n) is 4.23. The lowest BCUT2D eigenvalue weighted by molar-refractivity contribution is 0.391. The molecule has 166 valence electrons. The van der Waals surface area contributed by atoms with Crippen molar-refractivity contribution in [3.63, 3.8) is 0 Å². The fourth-order valence-electron chi connectivity index (χ4n) is 2.70. The fraction of sp³-hybridized carbons (Fsp3) is 0.381. The second-order valence-electron chi connectivity index (χ2n) is 6.29. The van der Waals surface area contributed by atoms with E-state index in [9.17, 15) is 8.42 Å². The molecule has 9 heteroatoms. The van der Waals surface area contributed by atoms with Crippen LogP contribution in [0.25, 0.3) is 0 Å². The third kappa shape index (κ3) is 8.02. The average molecular weight is 547 g/mol. The van der Waals surface area contributed by atoms with Crippen LogP contribution in [0, 0.1) is 0 Å². The van der Waals surface area contributed by atoms with Crippen molar-refractivity contribution in [2.24, 2.45) is 4.99 Å². The predicted molar refractivity (Wildman–Crippen MR) is 131 cm³/mol. The predicted octanol–water partition coefficient (Wildman–Crippen LogP) is 3.24. The highest BCUT2D eigenvalue weighted by Crippen LogP contribution is 2.25. The first-order chi connectivity index (χ1) is 14.0. The number of ether oxygens (including phenoxy) is 2. The van der Waals surface area contributed by atoms with Crippen molar-refractivity contribution in [3.8, 4) is 11.5 Å². The maximum Gasteiger partial charge on any atom is 0.191 e. The molecule has 0 radical (unpaired) electrons. The Kier molecular flexibility index (Phi) is 11.6. The van der Waals surface area contributed by atoms with E-state index in [0.29, 0.717) is 42.7 Å². The van der Waals surface area contributed by atoms with Gasteiger partial charge in [-0.1, -0.05) is 18.2 Å². The second kappa shape index (κ2) is 13.3. The highest BCUT2D eigenvalue weighted by atomic mass is 127. The van der Waals surface area contributed by atoms with E-state index in [0.717, 1.165) is 11.3 Å². The van der Waals surface area contributed by atoms with Crippen LogP contribution in [-0.4, -0.2) is 47.4 Å². The molecular formula is C21H30IN3O4S. The first-order valence-electron chi connectivity index (χ1n) is 9.51. The Morgan fingerprint density at radius 1 is 1.03 bits per heavy atom. The van der Waals surface area contributed by atoms with Crippen LogP contribution in [0.2, 0.25) is 0 Å². The Bertz CT molecular complexity index is 906. The number of sulfone groups is 1. The molecule has 30 heavy (non-hydrogen) atoms. The molecule has 2 N–H and O–H groups in total. The van der Waals surface area contributed by atoms with E-state index in [4.69, 9.17) is 9.47 Å². The largest absolute Gasteiger partial charge is 0.497 e. The van der Waals surface area contributed by atoms with E-state index in [1.54, 1.807) is 44.6 Å². The molecule has 7 nitrogen and oxygen atoms in total. The van der Waals surface area contributed by atoms with Gasteiger partial charge < -0.3 is 20.1 Å². The molecule has 0 unspecified atom stereocenters. The highest BCUT2D eigenvalue weighted by molar-refractivity contribution is 14.0. The summed E-state index contributed by atoms with van der Waals surface area (Å²) in [5.74, 6) is 2.13. The van der Waals surface area contributed by atoms with Crippen molar-refractivity contribution < 1.29 is 17.9 Å². The van der Waals surface area contributed by atoms with Crippen LogP contribution in [0.1, 0.15) is 18.9 Å². The summed E-state index contributed by atoms with van der Waals surface area (Å²) in [4.78, 5) is 4.92. The van der Waals surface area contributed by atoms with Crippen LogP contribution >= 0.6 is 24.0 Å². The molecule has 0 saturated heterocycles. The standard InChI is InChI=1S/C21H29N3O4S.HI/c1-4-22-21(24-16-17-11-12-18(27-2)15-20(17)28-3)23-13-8-14-29(25,26)19-9-6-5-7-10-19;/h5-7,9-12,15H,4,8,13-14,16H2,1-3H3,(H2,22,23,24);1H. The Balaban J connectivity index is 0.00000450. The SMILES string of the molecule is CCNC(=NCc1ccc(OC)cc1OC)NCCCS(=O)(=O)c1ccccc1.I. The van der Waals surface area contributed by atoms with Gasteiger partial charge in [0.1, 0.15) is 11.5 Å². The molecule has 0 bridgehead atoms. The van der Waals surface area contributed by atoms with Gasteiger partial charge in [0.2, 0.25) is 0 Å². The molecule has 0 atom stereocenters. The summed E-state index contributed by atoms with van der Waals surface area (Å²) in [6.45, 7) is 3.60. The quantitative estimate of drug-likeness (QED) is 0.206. The second-order valence-corrected chi connectivity index (χ2v) is 8.39. The number of methoxy groups -OCH3 is 2. The molecule has 0 saturated carbocycles. The van der Waals surface area contributed by atoms with Gasteiger partial charge in [0, 0.05) is 24.7 Å². The zero-order chi connectivity index (χ0) is 21.1. The van der Waals surface area contributed by atoms with Crippen LogP contribution in [-0.2, 0) is 16.4 Å². The lowest BCUT2D eigenvalue weighted by Crippen LogP contribution is -2.38. The Labute approximate surface area is 196 Å². The van der Waals surface area contributed by atoms with E-state index < -0.39 is 9.84 Å².